The molecule has 5 heteroatoms. The number of benzene rings is 1. The molecule has 0 aromatic heterocycles. The second kappa shape index (κ2) is 8.22. The molecule has 0 bridgehead atoms. The van der Waals surface area contributed by atoms with Crippen LogP contribution in [0.2, 0.25) is 0 Å². The lowest BCUT2D eigenvalue weighted by Crippen LogP contribution is -2.35. The van der Waals surface area contributed by atoms with Crippen LogP contribution in [-0.2, 0) is 4.79 Å². The van der Waals surface area contributed by atoms with Crippen molar-refractivity contribution in [3.63, 3.8) is 0 Å². The maximum Gasteiger partial charge on any atom is 0.253 e. The van der Waals surface area contributed by atoms with E-state index in [1.165, 1.54) is 6.42 Å². The first-order chi connectivity index (χ1) is 10.7. The Kier molecular flexibility index (Phi) is 6.01. The number of likely N-dealkylation sites (tertiary alicyclic amines) is 1. The molecular formula is C17H23N3O2. The minimum atomic E-state index is -0.104. The molecule has 2 N–H and O–H groups in total. The fourth-order valence-electron chi connectivity index (χ4n) is 2.47. The number of piperidine rings is 1. The average Bonchev–Trinajstić information content (AvgIpc) is 2.58. The Morgan fingerprint density at radius 2 is 2.00 bits per heavy atom. The molecule has 5 nitrogen and oxygen atoms in total. The van der Waals surface area contributed by atoms with Crippen molar-refractivity contribution in [2.45, 2.75) is 19.3 Å². The summed E-state index contributed by atoms with van der Waals surface area (Å²) in [6.07, 6.45) is 4.99. The third kappa shape index (κ3) is 4.62. The van der Waals surface area contributed by atoms with Crippen LogP contribution in [0.4, 0.5) is 5.69 Å². The van der Waals surface area contributed by atoms with Crippen LogP contribution in [0.15, 0.2) is 36.9 Å². The first-order valence-corrected chi connectivity index (χ1v) is 7.71. The second-order valence-corrected chi connectivity index (χ2v) is 5.38. The number of nitrogens with zero attached hydrogens (tertiary/aromatic N) is 1. The van der Waals surface area contributed by atoms with Crippen molar-refractivity contribution in [2.75, 3.05) is 31.5 Å². The molecule has 22 heavy (non-hydrogen) atoms. The minimum Gasteiger partial charge on any atom is -0.376 e. The highest BCUT2D eigenvalue weighted by atomic mass is 16.2. The Morgan fingerprint density at radius 1 is 1.23 bits per heavy atom. The molecule has 0 unspecified atom stereocenters. The van der Waals surface area contributed by atoms with Gasteiger partial charge in [-0.3, -0.25) is 9.59 Å². The van der Waals surface area contributed by atoms with E-state index in [1.54, 1.807) is 12.1 Å². The van der Waals surface area contributed by atoms with Gasteiger partial charge in [-0.05, 0) is 37.5 Å². The fraction of sp³-hybridized carbons (Fsp3) is 0.412. The Labute approximate surface area is 131 Å². The first kappa shape index (κ1) is 16.1. The number of nitrogens with one attached hydrogen (secondary N) is 2. The average molecular weight is 301 g/mol. The molecule has 0 spiro atoms. The van der Waals surface area contributed by atoms with Crippen molar-refractivity contribution < 1.29 is 9.59 Å². The van der Waals surface area contributed by atoms with Crippen LogP contribution in [0.25, 0.3) is 0 Å². The standard InChI is InChI=1S/C17H23N3O2/c1-2-9-18-16(21)13-19-15-8-6-7-14(12-15)17(22)20-10-4-3-5-11-20/h2,6-8,12,19H,1,3-5,9-11,13H2,(H,18,21). The first-order valence-electron chi connectivity index (χ1n) is 7.71. The molecule has 1 aliphatic heterocycles. The Morgan fingerprint density at radius 3 is 2.73 bits per heavy atom. The van der Waals surface area contributed by atoms with Crippen LogP contribution in [0.5, 0.6) is 0 Å². The predicted octanol–water partition coefficient (Wildman–Crippen LogP) is 2.03. The predicted molar refractivity (Wildman–Crippen MR) is 87.9 cm³/mol. The highest BCUT2D eigenvalue weighted by Gasteiger charge is 2.18. The fourth-order valence-corrected chi connectivity index (χ4v) is 2.47. The van der Waals surface area contributed by atoms with Gasteiger partial charge in [-0.2, -0.15) is 0 Å². The van der Waals surface area contributed by atoms with Gasteiger partial charge in [0.2, 0.25) is 5.91 Å². The number of hydrogen-bond donors (Lipinski definition) is 2. The Hall–Kier alpha value is -2.30. The van der Waals surface area contributed by atoms with Gasteiger partial charge < -0.3 is 15.5 Å². The largest absolute Gasteiger partial charge is 0.376 e. The molecule has 0 radical (unpaired) electrons. The molecule has 1 heterocycles. The summed E-state index contributed by atoms with van der Waals surface area (Å²) in [7, 11) is 0. The van der Waals surface area contributed by atoms with Crippen molar-refractivity contribution in [3.05, 3.63) is 42.5 Å². The van der Waals surface area contributed by atoms with Crippen LogP contribution >= 0.6 is 0 Å². The monoisotopic (exact) mass is 301 g/mol. The van der Waals surface area contributed by atoms with E-state index >= 15 is 0 Å². The normalized spacial score (nSPS) is 14.3. The number of anilines is 1. The molecule has 118 valence electrons. The van der Waals surface area contributed by atoms with E-state index in [4.69, 9.17) is 0 Å². The molecule has 2 amide bonds. The minimum absolute atomic E-state index is 0.0689. The second-order valence-electron chi connectivity index (χ2n) is 5.38. The number of carbonyl (C=O) groups is 2. The molecule has 0 atom stereocenters. The molecular weight excluding hydrogens is 278 g/mol. The van der Waals surface area contributed by atoms with Crippen LogP contribution in [0.1, 0.15) is 29.6 Å². The van der Waals surface area contributed by atoms with Crippen LogP contribution < -0.4 is 10.6 Å². The summed E-state index contributed by atoms with van der Waals surface area (Å²) in [4.78, 5) is 25.9. The van der Waals surface area contributed by atoms with Crippen molar-refractivity contribution >= 4 is 17.5 Å². The maximum absolute atomic E-state index is 12.4. The van der Waals surface area contributed by atoms with Crippen molar-refractivity contribution in [2.24, 2.45) is 0 Å². The molecule has 1 aliphatic rings. The summed E-state index contributed by atoms with van der Waals surface area (Å²) in [5.41, 5.74) is 1.44. The van der Waals surface area contributed by atoms with E-state index in [9.17, 15) is 9.59 Å². The van der Waals surface area contributed by atoms with Crippen LogP contribution in [-0.4, -0.2) is 42.9 Å². The smallest absolute Gasteiger partial charge is 0.253 e. The lowest BCUT2D eigenvalue weighted by Gasteiger charge is -2.26. The van der Waals surface area contributed by atoms with Gasteiger partial charge in [-0.1, -0.05) is 12.1 Å². The van der Waals surface area contributed by atoms with Crippen LogP contribution in [0.3, 0.4) is 0 Å². The number of rotatable bonds is 6. The summed E-state index contributed by atoms with van der Waals surface area (Å²) in [5.74, 6) is -0.0351. The summed E-state index contributed by atoms with van der Waals surface area (Å²) >= 11 is 0. The molecule has 2 rings (SSSR count). The van der Waals surface area contributed by atoms with Gasteiger partial charge in [0.25, 0.3) is 5.91 Å². The Balaban J connectivity index is 1.92. The zero-order chi connectivity index (χ0) is 15.8. The third-order valence-corrected chi connectivity index (χ3v) is 3.65. The summed E-state index contributed by atoms with van der Waals surface area (Å²) in [6, 6.07) is 7.31. The summed E-state index contributed by atoms with van der Waals surface area (Å²) in [5, 5.41) is 5.73. The van der Waals surface area contributed by atoms with E-state index in [-0.39, 0.29) is 18.4 Å². The zero-order valence-electron chi connectivity index (χ0n) is 12.8. The summed E-state index contributed by atoms with van der Waals surface area (Å²) in [6.45, 7) is 5.84. The molecule has 1 fully saturated rings. The summed E-state index contributed by atoms with van der Waals surface area (Å²) < 4.78 is 0. The molecule has 1 aromatic rings. The van der Waals surface area contributed by atoms with Gasteiger partial charge in [0.05, 0.1) is 6.54 Å². The van der Waals surface area contributed by atoms with E-state index < -0.39 is 0 Å². The van der Waals surface area contributed by atoms with E-state index in [2.05, 4.69) is 17.2 Å². The van der Waals surface area contributed by atoms with E-state index in [1.807, 2.05) is 23.1 Å². The van der Waals surface area contributed by atoms with E-state index in [0.29, 0.717) is 12.1 Å². The quantitative estimate of drug-likeness (QED) is 0.790. The number of hydrogen-bond acceptors (Lipinski definition) is 3. The maximum atomic E-state index is 12.4. The van der Waals surface area contributed by atoms with Crippen molar-refractivity contribution in [1.82, 2.24) is 10.2 Å². The van der Waals surface area contributed by atoms with Gasteiger partial charge >= 0.3 is 0 Å². The van der Waals surface area contributed by atoms with Gasteiger partial charge in [0.15, 0.2) is 0 Å². The molecule has 0 aliphatic carbocycles. The number of carbonyl (C=O) groups excluding carboxylic acids is 2. The molecule has 1 aromatic carbocycles. The van der Waals surface area contributed by atoms with Crippen LogP contribution in [0, 0.1) is 0 Å². The molecule has 1 saturated heterocycles. The molecule has 0 saturated carbocycles. The number of amides is 2. The Bertz CT molecular complexity index is 536. The third-order valence-electron chi connectivity index (χ3n) is 3.65. The van der Waals surface area contributed by atoms with Gasteiger partial charge in [0, 0.05) is 30.9 Å². The topological polar surface area (TPSA) is 61.4 Å². The lowest BCUT2D eigenvalue weighted by molar-refractivity contribution is -0.119. The highest BCUT2D eigenvalue weighted by Crippen LogP contribution is 2.16. The highest BCUT2D eigenvalue weighted by molar-refractivity contribution is 5.95. The van der Waals surface area contributed by atoms with Gasteiger partial charge in [-0.25, -0.2) is 0 Å². The van der Waals surface area contributed by atoms with Gasteiger partial charge in [-0.15, -0.1) is 6.58 Å². The SMILES string of the molecule is C=CCNC(=O)CNc1cccc(C(=O)N2CCCCC2)c1. The zero-order valence-corrected chi connectivity index (χ0v) is 12.8. The van der Waals surface area contributed by atoms with Crippen molar-refractivity contribution in [3.8, 4) is 0 Å². The van der Waals surface area contributed by atoms with Crippen molar-refractivity contribution in [1.29, 1.82) is 0 Å². The van der Waals surface area contributed by atoms with Gasteiger partial charge in [0.1, 0.15) is 0 Å². The van der Waals surface area contributed by atoms with E-state index in [0.717, 1.165) is 31.6 Å². The lowest BCUT2D eigenvalue weighted by atomic mass is 10.1.